The molecule has 14 heteroatoms. The molecular weight excluding hydrogens is 410 g/mol. The standard InChI is InChI=1S/C12H11F4NO7S2/c1-25(21)7-2-3-9(8(4-7)17(19)20)26(22,23)5-10(18)24-6-12(15,16)11(13)14/h2-4,11H,5-6H2,1H3. The average Bonchev–Trinajstić information content (AvgIpc) is 2.51. The van der Waals surface area contributed by atoms with E-state index in [2.05, 4.69) is 4.74 Å². The van der Waals surface area contributed by atoms with Crippen molar-refractivity contribution in [2.75, 3.05) is 18.6 Å². The van der Waals surface area contributed by atoms with Crippen LogP contribution in [0.5, 0.6) is 0 Å². The number of nitrogens with zero attached hydrogens (tertiary/aromatic N) is 1. The van der Waals surface area contributed by atoms with Crippen LogP contribution >= 0.6 is 0 Å². The number of sulfone groups is 1. The van der Waals surface area contributed by atoms with Gasteiger partial charge in [0, 0.05) is 17.2 Å². The molecule has 1 atom stereocenters. The topological polar surface area (TPSA) is 121 Å². The highest BCUT2D eigenvalue weighted by atomic mass is 32.2. The zero-order valence-electron chi connectivity index (χ0n) is 12.9. The average molecular weight is 421 g/mol. The first kappa shape index (κ1) is 22.0. The monoisotopic (exact) mass is 421 g/mol. The molecule has 0 N–H and O–H groups in total. The molecule has 0 aliphatic rings. The van der Waals surface area contributed by atoms with Crippen LogP contribution in [0.2, 0.25) is 0 Å². The van der Waals surface area contributed by atoms with Gasteiger partial charge in [-0.1, -0.05) is 0 Å². The number of halogens is 4. The minimum Gasteiger partial charge on any atom is -0.458 e. The molecule has 1 aromatic rings. The second kappa shape index (κ2) is 8.07. The summed E-state index contributed by atoms with van der Waals surface area (Å²) in [5, 5.41) is 11.0. The molecule has 0 radical (unpaired) electrons. The van der Waals surface area contributed by atoms with Crippen LogP contribution in [0, 0.1) is 10.1 Å². The lowest BCUT2D eigenvalue weighted by molar-refractivity contribution is -0.388. The molecule has 0 aliphatic carbocycles. The summed E-state index contributed by atoms with van der Waals surface area (Å²) in [5.74, 6) is -8.04. The third kappa shape index (κ3) is 5.45. The summed E-state index contributed by atoms with van der Waals surface area (Å²) in [5.41, 5.74) is -0.983. The molecular formula is C12H11F4NO7S2. The second-order valence-corrected chi connectivity index (χ2v) is 8.16. The molecule has 0 aliphatic heterocycles. The molecule has 0 spiro atoms. The lowest BCUT2D eigenvalue weighted by atomic mass is 10.3. The van der Waals surface area contributed by atoms with E-state index in [4.69, 9.17) is 0 Å². The first-order chi connectivity index (χ1) is 11.8. The smallest absolute Gasteiger partial charge is 0.340 e. The number of hydrogen-bond acceptors (Lipinski definition) is 7. The molecule has 146 valence electrons. The molecule has 0 fully saturated rings. The number of carbonyl (C=O) groups excluding carboxylic acids is 1. The van der Waals surface area contributed by atoms with E-state index in [1.54, 1.807) is 0 Å². The summed E-state index contributed by atoms with van der Waals surface area (Å²) >= 11 is 0. The predicted octanol–water partition coefficient (Wildman–Crippen LogP) is 1.55. The molecule has 0 saturated carbocycles. The highest BCUT2D eigenvalue weighted by molar-refractivity contribution is 7.92. The maximum absolute atomic E-state index is 12.7. The quantitative estimate of drug-likeness (QED) is 0.270. The fraction of sp³-hybridized carbons (Fsp3) is 0.417. The van der Waals surface area contributed by atoms with Gasteiger partial charge in [-0.05, 0) is 12.1 Å². The Bertz CT molecular complexity index is 842. The Balaban J connectivity index is 3.06. The minimum atomic E-state index is -4.71. The maximum atomic E-state index is 12.7. The molecule has 0 saturated heterocycles. The first-order valence-electron chi connectivity index (χ1n) is 6.44. The summed E-state index contributed by atoms with van der Waals surface area (Å²) in [6.07, 6.45) is -2.94. The Hall–Kier alpha value is -2.09. The molecule has 1 aromatic carbocycles. The lowest BCUT2D eigenvalue weighted by Gasteiger charge is -2.15. The van der Waals surface area contributed by atoms with Crippen molar-refractivity contribution in [3.63, 3.8) is 0 Å². The third-order valence-electron chi connectivity index (χ3n) is 2.85. The van der Waals surface area contributed by atoms with E-state index in [9.17, 15) is 45.1 Å². The molecule has 26 heavy (non-hydrogen) atoms. The SMILES string of the molecule is CS(=O)c1ccc(S(=O)(=O)CC(=O)OCC(F)(F)C(F)F)c([N+](=O)[O-])c1. The van der Waals surface area contributed by atoms with Crippen LogP contribution in [-0.4, -0.2) is 54.5 Å². The first-order valence-corrected chi connectivity index (χ1v) is 9.65. The van der Waals surface area contributed by atoms with Crippen molar-refractivity contribution in [2.45, 2.75) is 22.1 Å². The highest BCUT2D eigenvalue weighted by Crippen LogP contribution is 2.28. The number of benzene rings is 1. The molecule has 0 aromatic heterocycles. The fourth-order valence-electron chi connectivity index (χ4n) is 1.60. The van der Waals surface area contributed by atoms with Gasteiger partial charge in [-0.15, -0.1) is 0 Å². The van der Waals surface area contributed by atoms with Crippen LogP contribution in [0.1, 0.15) is 0 Å². The predicted molar refractivity (Wildman–Crippen MR) is 79.4 cm³/mol. The minimum absolute atomic E-state index is 0.0604. The van der Waals surface area contributed by atoms with Gasteiger partial charge in [0.1, 0.15) is 4.90 Å². The summed E-state index contributed by atoms with van der Waals surface area (Å²) < 4.78 is 88.5. The molecule has 0 amide bonds. The number of ether oxygens (including phenoxy) is 1. The van der Waals surface area contributed by atoms with Gasteiger partial charge < -0.3 is 4.74 Å². The van der Waals surface area contributed by atoms with Crippen LogP contribution in [0.3, 0.4) is 0 Å². The van der Waals surface area contributed by atoms with Gasteiger partial charge in [-0.2, -0.15) is 8.78 Å². The Morgan fingerprint density at radius 1 is 1.38 bits per heavy atom. The van der Waals surface area contributed by atoms with E-state index in [-0.39, 0.29) is 4.90 Å². The Labute approximate surface area is 146 Å². The van der Waals surface area contributed by atoms with Gasteiger partial charge in [-0.3, -0.25) is 19.1 Å². The van der Waals surface area contributed by atoms with E-state index in [0.717, 1.165) is 18.2 Å². The van der Waals surface area contributed by atoms with Crippen molar-refractivity contribution in [3.05, 3.63) is 28.3 Å². The van der Waals surface area contributed by atoms with Crippen LogP contribution in [0.25, 0.3) is 0 Å². The summed E-state index contributed by atoms with van der Waals surface area (Å²) in [4.78, 5) is 20.3. The van der Waals surface area contributed by atoms with Gasteiger partial charge in [0.05, 0.1) is 15.7 Å². The van der Waals surface area contributed by atoms with E-state index in [0.29, 0.717) is 0 Å². The van der Waals surface area contributed by atoms with Gasteiger partial charge in [0.15, 0.2) is 22.2 Å². The second-order valence-electron chi connectivity index (χ2n) is 4.82. The number of esters is 1. The normalized spacial score (nSPS) is 13.5. The zero-order chi connectivity index (χ0) is 20.3. The molecule has 1 unspecified atom stereocenters. The van der Waals surface area contributed by atoms with Crippen LogP contribution in [0.4, 0.5) is 23.2 Å². The molecule has 0 heterocycles. The van der Waals surface area contributed by atoms with Crippen molar-refractivity contribution in [1.82, 2.24) is 0 Å². The molecule has 1 rings (SSSR count). The number of alkyl halides is 4. The van der Waals surface area contributed by atoms with Crippen molar-refractivity contribution >= 4 is 32.3 Å². The Morgan fingerprint density at radius 3 is 2.42 bits per heavy atom. The third-order valence-corrected chi connectivity index (χ3v) is 5.40. The number of hydrogen-bond donors (Lipinski definition) is 0. The maximum Gasteiger partial charge on any atom is 0.340 e. The van der Waals surface area contributed by atoms with Crippen LogP contribution < -0.4 is 0 Å². The van der Waals surface area contributed by atoms with Gasteiger partial charge in [0.25, 0.3) is 5.69 Å². The van der Waals surface area contributed by atoms with Gasteiger partial charge >= 0.3 is 18.3 Å². The van der Waals surface area contributed by atoms with Gasteiger partial charge in [-0.25, -0.2) is 17.2 Å². The van der Waals surface area contributed by atoms with Crippen molar-refractivity contribution in [1.29, 1.82) is 0 Å². The lowest BCUT2D eigenvalue weighted by Crippen LogP contribution is -2.34. The van der Waals surface area contributed by atoms with E-state index >= 15 is 0 Å². The summed E-state index contributed by atoms with van der Waals surface area (Å²) in [6, 6.07) is 2.46. The highest BCUT2D eigenvalue weighted by Gasteiger charge is 2.42. The number of nitro groups is 1. The van der Waals surface area contributed by atoms with Crippen LogP contribution in [0.15, 0.2) is 28.0 Å². The Kier molecular flexibility index (Phi) is 6.82. The van der Waals surface area contributed by atoms with Crippen molar-refractivity contribution in [2.24, 2.45) is 0 Å². The Morgan fingerprint density at radius 2 is 1.96 bits per heavy atom. The van der Waals surface area contributed by atoms with E-state index in [1.165, 1.54) is 6.26 Å². The largest absolute Gasteiger partial charge is 0.458 e. The number of carbonyl (C=O) groups is 1. The summed E-state index contributed by atoms with van der Waals surface area (Å²) in [7, 11) is -6.38. The number of nitro benzene ring substituents is 1. The summed E-state index contributed by atoms with van der Waals surface area (Å²) in [6.45, 7) is -2.05. The van der Waals surface area contributed by atoms with Crippen molar-refractivity contribution in [3.8, 4) is 0 Å². The zero-order valence-corrected chi connectivity index (χ0v) is 14.5. The van der Waals surface area contributed by atoms with E-state index < -0.39 is 66.8 Å². The van der Waals surface area contributed by atoms with Crippen LogP contribution in [-0.2, 0) is 30.2 Å². The van der Waals surface area contributed by atoms with E-state index in [1.807, 2.05) is 0 Å². The molecule has 8 nitrogen and oxygen atoms in total. The fourth-order valence-corrected chi connectivity index (χ4v) is 3.41. The molecule has 0 bridgehead atoms. The number of rotatable bonds is 8. The van der Waals surface area contributed by atoms with Gasteiger partial charge in [0.2, 0.25) is 0 Å². The van der Waals surface area contributed by atoms with Crippen molar-refractivity contribution < 1.29 is 44.6 Å².